The number of aryl methyl sites for hydroxylation is 1. The number of amides is 1. The predicted molar refractivity (Wildman–Crippen MR) is 101 cm³/mol. The molecule has 0 atom stereocenters. The SMILES string of the molecule is O=C(NCCCc1ccccc1)c1ccc(Nc2ccc(F)c(F)c2)nc1. The highest BCUT2D eigenvalue weighted by atomic mass is 19.2. The quantitative estimate of drug-likeness (QED) is 0.606. The molecule has 0 saturated heterocycles. The Labute approximate surface area is 156 Å². The zero-order valence-corrected chi connectivity index (χ0v) is 14.6. The van der Waals surface area contributed by atoms with Gasteiger partial charge in [0.15, 0.2) is 11.6 Å². The second-order valence-corrected chi connectivity index (χ2v) is 6.03. The number of hydrogen-bond acceptors (Lipinski definition) is 3. The monoisotopic (exact) mass is 367 g/mol. The lowest BCUT2D eigenvalue weighted by molar-refractivity contribution is 0.0953. The lowest BCUT2D eigenvalue weighted by atomic mass is 10.1. The van der Waals surface area contributed by atoms with Gasteiger partial charge < -0.3 is 10.6 Å². The predicted octanol–water partition coefficient (Wildman–Crippen LogP) is 4.47. The number of benzene rings is 2. The molecule has 2 N–H and O–H groups in total. The van der Waals surface area contributed by atoms with Crippen LogP contribution < -0.4 is 10.6 Å². The van der Waals surface area contributed by atoms with E-state index in [2.05, 4.69) is 27.8 Å². The minimum absolute atomic E-state index is 0.199. The van der Waals surface area contributed by atoms with Gasteiger partial charge in [0.25, 0.3) is 5.91 Å². The number of nitrogens with one attached hydrogen (secondary N) is 2. The molecule has 3 aromatic rings. The first-order valence-corrected chi connectivity index (χ1v) is 8.62. The first-order valence-electron chi connectivity index (χ1n) is 8.62. The Morgan fingerprint density at radius 2 is 1.78 bits per heavy atom. The van der Waals surface area contributed by atoms with Crippen molar-refractivity contribution >= 4 is 17.4 Å². The van der Waals surface area contributed by atoms with E-state index < -0.39 is 11.6 Å². The number of pyridine rings is 1. The van der Waals surface area contributed by atoms with E-state index in [1.165, 1.54) is 17.8 Å². The Bertz CT molecular complexity index is 899. The molecule has 1 heterocycles. The molecular weight excluding hydrogens is 348 g/mol. The maximum Gasteiger partial charge on any atom is 0.252 e. The first kappa shape index (κ1) is 18.5. The molecule has 4 nitrogen and oxygen atoms in total. The summed E-state index contributed by atoms with van der Waals surface area (Å²) < 4.78 is 26.2. The normalized spacial score (nSPS) is 10.4. The van der Waals surface area contributed by atoms with Gasteiger partial charge in [-0.2, -0.15) is 0 Å². The molecule has 0 aliphatic rings. The molecule has 3 rings (SSSR count). The number of carbonyl (C=O) groups is 1. The van der Waals surface area contributed by atoms with Gasteiger partial charge in [0.05, 0.1) is 5.56 Å². The molecule has 138 valence electrons. The van der Waals surface area contributed by atoms with Crippen LogP contribution in [0.3, 0.4) is 0 Å². The van der Waals surface area contributed by atoms with Crippen molar-refractivity contribution in [3.05, 3.63) is 89.6 Å². The van der Waals surface area contributed by atoms with E-state index >= 15 is 0 Å². The Morgan fingerprint density at radius 3 is 2.48 bits per heavy atom. The first-order chi connectivity index (χ1) is 13.1. The summed E-state index contributed by atoms with van der Waals surface area (Å²) in [6, 6.07) is 16.8. The number of aromatic nitrogens is 1. The summed E-state index contributed by atoms with van der Waals surface area (Å²) >= 11 is 0. The van der Waals surface area contributed by atoms with E-state index in [0.717, 1.165) is 25.0 Å². The van der Waals surface area contributed by atoms with Crippen molar-refractivity contribution in [2.45, 2.75) is 12.8 Å². The summed E-state index contributed by atoms with van der Waals surface area (Å²) in [4.78, 5) is 16.3. The largest absolute Gasteiger partial charge is 0.352 e. The van der Waals surface area contributed by atoms with Gasteiger partial charge in [-0.25, -0.2) is 13.8 Å². The summed E-state index contributed by atoms with van der Waals surface area (Å²) in [5.74, 6) is -1.61. The summed E-state index contributed by atoms with van der Waals surface area (Å²) in [5.41, 5.74) is 2.05. The van der Waals surface area contributed by atoms with Crippen LogP contribution in [-0.2, 0) is 6.42 Å². The molecule has 0 aliphatic heterocycles. The highest BCUT2D eigenvalue weighted by Crippen LogP contribution is 2.17. The minimum atomic E-state index is -0.938. The molecule has 0 bridgehead atoms. The number of carbonyl (C=O) groups excluding carboxylic acids is 1. The zero-order chi connectivity index (χ0) is 19.1. The van der Waals surface area contributed by atoms with Crippen LogP contribution in [0.2, 0.25) is 0 Å². The van der Waals surface area contributed by atoms with Crippen molar-refractivity contribution in [2.24, 2.45) is 0 Å². The van der Waals surface area contributed by atoms with E-state index in [1.807, 2.05) is 18.2 Å². The van der Waals surface area contributed by atoms with E-state index in [-0.39, 0.29) is 5.91 Å². The van der Waals surface area contributed by atoms with E-state index in [1.54, 1.807) is 12.1 Å². The third-order valence-electron chi connectivity index (χ3n) is 3.99. The molecule has 0 aliphatic carbocycles. The fourth-order valence-electron chi connectivity index (χ4n) is 2.57. The Hall–Kier alpha value is -3.28. The smallest absolute Gasteiger partial charge is 0.252 e. The molecule has 1 amide bonds. The van der Waals surface area contributed by atoms with Crippen LogP contribution in [-0.4, -0.2) is 17.4 Å². The van der Waals surface area contributed by atoms with Gasteiger partial charge in [-0.05, 0) is 42.7 Å². The molecule has 27 heavy (non-hydrogen) atoms. The van der Waals surface area contributed by atoms with Crippen molar-refractivity contribution in [1.29, 1.82) is 0 Å². The number of halogens is 2. The average molecular weight is 367 g/mol. The highest BCUT2D eigenvalue weighted by molar-refractivity contribution is 5.94. The van der Waals surface area contributed by atoms with Crippen molar-refractivity contribution in [3.8, 4) is 0 Å². The Morgan fingerprint density at radius 1 is 0.963 bits per heavy atom. The summed E-state index contributed by atoms with van der Waals surface area (Å²) in [6.07, 6.45) is 3.18. The second-order valence-electron chi connectivity index (χ2n) is 6.03. The molecule has 1 aromatic heterocycles. The highest BCUT2D eigenvalue weighted by Gasteiger charge is 2.07. The van der Waals surface area contributed by atoms with Gasteiger partial charge in [0.2, 0.25) is 0 Å². The van der Waals surface area contributed by atoms with Gasteiger partial charge in [0.1, 0.15) is 5.82 Å². The van der Waals surface area contributed by atoms with Crippen LogP contribution >= 0.6 is 0 Å². The third kappa shape index (κ3) is 5.34. The number of rotatable bonds is 7. The molecule has 0 fully saturated rings. The van der Waals surface area contributed by atoms with Crippen LogP contribution in [0.1, 0.15) is 22.3 Å². The third-order valence-corrected chi connectivity index (χ3v) is 3.99. The van der Waals surface area contributed by atoms with Crippen molar-refractivity contribution in [3.63, 3.8) is 0 Å². The lowest BCUT2D eigenvalue weighted by Gasteiger charge is -2.08. The number of nitrogens with zero attached hydrogens (tertiary/aromatic N) is 1. The number of anilines is 2. The van der Waals surface area contributed by atoms with Gasteiger partial charge in [0, 0.05) is 24.5 Å². The molecule has 0 unspecified atom stereocenters. The Balaban J connectivity index is 1.48. The van der Waals surface area contributed by atoms with Crippen LogP contribution in [0.25, 0.3) is 0 Å². The van der Waals surface area contributed by atoms with Crippen LogP contribution in [0, 0.1) is 11.6 Å². The fraction of sp³-hybridized carbons (Fsp3) is 0.143. The topological polar surface area (TPSA) is 54.0 Å². The summed E-state index contributed by atoms with van der Waals surface area (Å²) in [6.45, 7) is 0.572. The maximum absolute atomic E-state index is 13.2. The van der Waals surface area contributed by atoms with Crippen molar-refractivity contribution in [1.82, 2.24) is 10.3 Å². The summed E-state index contributed by atoms with van der Waals surface area (Å²) in [5, 5.41) is 5.72. The van der Waals surface area contributed by atoms with Crippen molar-refractivity contribution < 1.29 is 13.6 Å². The minimum Gasteiger partial charge on any atom is -0.352 e. The molecule has 0 saturated carbocycles. The number of hydrogen-bond donors (Lipinski definition) is 2. The molecular formula is C21H19F2N3O. The van der Waals surface area contributed by atoms with E-state index in [9.17, 15) is 13.6 Å². The van der Waals surface area contributed by atoms with Crippen LogP contribution in [0.4, 0.5) is 20.3 Å². The molecule has 0 spiro atoms. The molecule has 6 heteroatoms. The maximum atomic E-state index is 13.2. The van der Waals surface area contributed by atoms with E-state index in [0.29, 0.717) is 23.6 Å². The Kier molecular flexibility index (Phi) is 6.10. The molecule has 2 aromatic carbocycles. The van der Waals surface area contributed by atoms with Crippen LogP contribution in [0.15, 0.2) is 66.9 Å². The summed E-state index contributed by atoms with van der Waals surface area (Å²) in [7, 11) is 0. The van der Waals surface area contributed by atoms with Crippen molar-refractivity contribution in [2.75, 3.05) is 11.9 Å². The van der Waals surface area contributed by atoms with Gasteiger partial charge in [-0.1, -0.05) is 30.3 Å². The lowest BCUT2D eigenvalue weighted by Crippen LogP contribution is -2.24. The van der Waals surface area contributed by atoms with E-state index in [4.69, 9.17) is 0 Å². The standard InChI is InChI=1S/C21H19F2N3O/c22-18-10-9-17(13-19(18)23)26-20-11-8-16(14-25-20)21(27)24-12-4-7-15-5-2-1-3-6-15/h1-3,5-6,8-11,13-14H,4,7,12H2,(H,24,27)(H,25,26). The molecule has 0 radical (unpaired) electrons. The van der Waals surface area contributed by atoms with Gasteiger partial charge in [-0.3, -0.25) is 4.79 Å². The fourth-order valence-corrected chi connectivity index (χ4v) is 2.57. The second kappa shape index (κ2) is 8.89. The average Bonchev–Trinajstić information content (AvgIpc) is 2.69. The van der Waals surface area contributed by atoms with Gasteiger partial charge in [-0.15, -0.1) is 0 Å². The van der Waals surface area contributed by atoms with Gasteiger partial charge >= 0.3 is 0 Å². The zero-order valence-electron chi connectivity index (χ0n) is 14.6. The van der Waals surface area contributed by atoms with Crippen LogP contribution in [0.5, 0.6) is 0 Å².